The van der Waals surface area contributed by atoms with Crippen LogP contribution in [0.4, 0.5) is 11.9 Å². The van der Waals surface area contributed by atoms with Gasteiger partial charge in [0.05, 0.1) is 0 Å². The van der Waals surface area contributed by atoms with Crippen LogP contribution in [0.5, 0.6) is 0 Å². The van der Waals surface area contributed by atoms with Gasteiger partial charge >= 0.3 is 0 Å². The first-order chi connectivity index (χ1) is 10.2. The lowest BCUT2D eigenvalue weighted by molar-refractivity contribution is 0.830. The number of benzene rings is 1. The largest absolute Gasteiger partial charge is 0.357 e. The molecule has 1 N–H and O–H groups in total. The number of rotatable bonds is 4. The normalized spacial score (nSPS) is 14.5. The number of halogens is 1. The highest BCUT2D eigenvalue weighted by atomic mass is 79.9. The summed E-state index contributed by atoms with van der Waals surface area (Å²) in [5.41, 5.74) is 0. The Balaban J connectivity index is 1.86. The average molecular weight is 366 g/mol. The number of hydrogen-bond acceptors (Lipinski definition) is 6. The molecule has 1 aliphatic heterocycles. The second-order valence-corrected chi connectivity index (χ2v) is 6.70. The SMILES string of the molecule is CNc1nc(Sc2ccc(Br)cc2)nc(N2CCCC2)n1. The molecule has 1 fully saturated rings. The molecule has 0 spiro atoms. The number of nitrogens with zero attached hydrogens (tertiary/aromatic N) is 4. The van der Waals surface area contributed by atoms with Crippen molar-refractivity contribution in [2.24, 2.45) is 0 Å². The van der Waals surface area contributed by atoms with Crippen LogP contribution in [0.25, 0.3) is 0 Å². The monoisotopic (exact) mass is 365 g/mol. The van der Waals surface area contributed by atoms with Crippen LogP contribution in [0.15, 0.2) is 38.8 Å². The number of anilines is 2. The van der Waals surface area contributed by atoms with Crippen molar-refractivity contribution in [3.05, 3.63) is 28.7 Å². The summed E-state index contributed by atoms with van der Waals surface area (Å²) < 4.78 is 1.07. The summed E-state index contributed by atoms with van der Waals surface area (Å²) in [4.78, 5) is 16.8. The predicted octanol–water partition coefficient (Wildman–Crippen LogP) is 3.43. The molecule has 0 atom stereocenters. The molecule has 3 rings (SSSR count). The van der Waals surface area contributed by atoms with Crippen molar-refractivity contribution >= 4 is 39.6 Å². The number of hydrogen-bond donors (Lipinski definition) is 1. The van der Waals surface area contributed by atoms with Gasteiger partial charge in [-0.15, -0.1) is 0 Å². The molecule has 0 aliphatic carbocycles. The number of aromatic nitrogens is 3. The molecule has 0 radical (unpaired) electrons. The fourth-order valence-electron chi connectivity index (χ4n) is 2.17. The highest BCUT2D eigenvalue weighted by Crippen LogP contribution is 2.28. The van der Waals surface area contributed by atoms with Crippen molar-refractivity contribution < 1.29 is 0 Å². The van der Waals surface area contributed by atoms with Gasteiger partial charge in [-0.25, -0.2) is 0 Å². The molecule has 0 amide bonds. The second-order valence-electron chi connectivity index (χ2n) is 4.74. The summed E-state index contributed by atoms with van der Waals surface area (Å²) in [5.74, 6) is 1.39. The van der Waals surface area contributed by atoms with Gasteiger partial charge in [0, 0.05) is 29.5 Å². The van der Waals surface area contributed by atoms with Crippen LogP contribution in [0, 0.1) is 0 Å². The van der Waals surface area contributed by atoms with Crippen LogP contribution >= 0.6 is 27.7 Å². The minimum absolute atomic E-state index is 0.617. The Bertz CT molecular complexity index is 613. The van der Waals surface area contributed by atoms with Crippen molar-refractivity contribution in [3.8, 4) is 0 Å². The molecule has 2 aromatic rings. The average Bonchev–Trinajstić information content (AvgIpc) is 3.04. The van der Waals surface area contributed by atoms with E-state index in [0.717, 1.165) is 33.6 Å². The molecule has 0 unspecified atom stereocenters. The van der Waals surface area contributed by atoms with Gasteiger partial charge in [-0.3, -0.25) is 0 Å². The fourth-order valence-corrected chi connectivity index (χ4v) is 3.18. The van der Waals surface area contributed by atoms with Crippen LogP contribution in [-0.4, -0.2) is 35.1 Å². The van der Waals surface area contributed by atoms with Crippen molar-refractivity contribution in [1.82, 2.24) is 15.0 Å². The summed E-state index contributed by atoms with van der Waals surface area (Å²) in [6.45, 7) is 2.05. The molecule has 0 saturated carbocycles. The lowest BCUT2D eigenvalue weighted by atomic mass is 10.4. The highest BCUT2D eigenvalue weighted by Gasteiger charge is 2.17. The second kappa shape index (κ2) is 6.62. The van der Waals surface area contributed by atoms with E-state index in [-0.39, 0.29) is 0 Å². The van der Waals surface area contributed by atoms with Crippen molar-refractivity contribution in [2.45, 2.75) is 22.9 Å². The minimum Gasteiger partial charge on any atom is -0.357 e. The third-order valence-electron chi connectivity index (χ3n) is 3.24. The maximum atomic E-state index is 4.60. The van der Waals surface area contributed by atoms with E-state index in [1.54, 1.807) is 11.8 Å². The lowest BCUT2D eigenvalue weighted by Crippen LogP contribution is -2.21. The van der Waals surface area contributed by atoms with E-state index < -0.39 is 0 Å². The first-order valence-corrected chi connectivity index (χ1v) is 8.48. The molecule has 2 heterocycles. The van der Waals surface area contributed by atoms with E-state index in [1.807, 2.05) is 31.3 Å². The minimum atomic E-state index is 0.617. The van der Waals surface area contributed by atoms with Crippen molar-refractivity contribution in [2.75, 3.05) is 30.4 Å². The zero-order chi connectivity index (χ0) is 14.7. The molecule has 1 aromatic carbocycles. The van der Waals surface area contributed by atoms with Gasteiger partial charge in [0.2, 0.25) is 11.9 Å². The summed E-state index contributed by atoms with van der Waals surface area (Å²) >= 11 is 4.99. The Morgan fingerprint density at radius 1 is 1.10 bits per heavy atom. The Labute approximate surface area is 136 Å². The molecular weight excluding hydrogens is 350 g/mol. The van der Waals surface area contributed by atoms with Gasteiger partial charge in [0.15, 0.2) is 5.16 Å². The van der Waals surface area contributed by atoms with E-state index in [1.165, 1.54) is 12.8 Å². The van der Waals surface area contributed by atoms with Crippen LogP contribution in [0.1, 0.15) is 12.8 Å². The highest BCUT2D eigenvalue weighted by molar-refractivity contribution is 9.10. The van der Waals surface area contributed by atoms with Gasteiger partial charge in [-0.2, -0.15) is 15.0 Å². The Morgan fingerprint density at radius 2 is 1.81 bits per heavy atom. The van der Waals surface area contributed by atoms with Gasteiger partial charge < -0.3 is 10.2 Å². The first kappa shape index (κ1) is 14.6. The maximum absolute atomic E-state index is 4.60. The standard InChI is InChI=1S/C14H16BrN5S/c1-16-12-17-13(20-8-2-3-9-20)19-14(18-12)21-11-6-4-10(15)5-7-11/h4-7H,2-3,8-9H2,1H3,(H,16,17,18,19). The summed E-state index contributed by atoms with van der Waals surface area (Å²) in [5, 5.41) is 3.74. The summed E-state index contributed by atoms with van der Waals surface area (Å²) in [7, 11) is 1.83. The van der Waals surface area contributed by atoms with Gasteiger partial charge in [-0.05, 0) is 48.9 Å². The van der Waals surface area contributed by atoms with Crippen LogP contribution < -0.4 is 10.2 Å². The molecule has 1 saturated heterocycles. The van der Waals surface area contributed by atoms with E-state index in [2.05, 4.69) is 41.1 Å². The predicted molar refractivity (Wildman–Crippen MR) is 89.1 cm³/mol. The van der Waals surface area contributed by atoms with Gasteiger partial charge in [-0.1, -0.05) is 15.9 Å². The molecule has 7 heteroatoms. The van der Waals surface area contributed by atoms with E-state index in [9.17, 15) is 0 Å². The van der Waals surface area contributed by atoms with Gasteiger partial charge in [0.25, 0.3) is 0 Å². The quantitative estimate of drug-likeness (QED) is 0.895. The van der Waals surface area contributed by atoms with E-state index in [4.69, 9.17) is 0 Å². The van der Waals surface area contributed by atoms with Crippen molar-refractivity contribution in [1.29, 1.82) is 0 Å². The maximum Gasteiger partial charge on any atom is 0.231 e. The zero-order valence-electron chi connectivity index (χ0n) is 11.7. The van der Waals surface area contributed by atoms with Crippen LogP contribution in [0.3, 0.4) is 0 Å². The zero-order valence-corrected chi connectivity index (χ0v) is 14.1. The van der Waals surface area contributed by atoms with Crippen molar-refractivity contribution in [3.63, 3.8) is 0 Å². The lowest BCUT2D eigenvalue weighted by Gasteiger charge is -2.16. The Kier molecular flexibility index (Phi) is 4.60. The summed E-state index contributed by atoms with van der Waals surface area (Å²) in [6, 6.07) is 8.13. The summed E-state index contributed by atoms with van der Waals surface area (Å²) in [6.07, 6.45) is 2.41. The first-order valence-electron chi connectivity index (χ1n) is 6.87. The Morgan fingerprint density at radius 3 is 2.48 bits per heavy atom. The molecule has 1 aromatic heterocycles. The van der Waals surface area contributed by atoms with E-state index >= 15 is 0 Å². The Hall–Kier alpha value is -1.34. The molecule has 110 valence electrons. The molecular formula is C14H16BrN5S. The number of nitrogens with one attached hydrogen (secondary N) is 1. The third-order valence-corrected chi connectivity index (χ3v) is 4.64. The molecule has 0 bridgehead atoms. The van der Waals surface area contributed by atoms with Crippen LogP contribution in [0.2, 0.25) is 0 Å². The molecule has 21 heavy (non-hydrogen) atoms. The third kappa shape index (κ3) is 3.65. The smallest absolute Gasteiger partial charge is 0.231 e. The topological polar surface area (TPSA) is 53.9 Å². The molecule has 5 nitrogen and oxygen atoms in total. The molecule has 1 aliphatic rings. The van der Waals surface area contributed by atoms with Gasteiger partial charge in [0.1, 0.15) is 0 Å². The van der Waals surface area contributed by atoms with E-state index in [0.29, 0.717) is 5.95 Å². The fraction of sp³-hybridized carbons (Fsp3) is 0.357. The van der Waals surface area contributed by atoms with Crippen LogP contribution in [-0.2, 0) is 0 Å².